The van der Waals surface area contributed by atoms with Crippen LogP contribution in [0, 0.1) is 24.0 Å². The van der Waals surface area contributed by atoms with Gasteiger partial charge in [-0.25, -0.2) is 9.97 Å². The van der Waals surface area contributed by atoms with Gasteiger partial charge in [0.25, 0.3) is 11.6 Å². The number of nitro benzene ring substituents is 1. The van der Waals surface area contributed by atoms with E-state index in [4.69, 9.17) is 5.73 Å². The number of hydrogen-bond donors (Lipinski definition) is 2. The summed E-state index contributed by atoms with van der Waals surface area (Å²) < 4.78 is 0. The summed E-state index contributed by atoms with van der Waals surface area (Å²) in [5.74, 6) is -0.590. The maximum absolute atomic E-state index is 12.2. The minimum atomic E-state index is -0.681. The van der Waals surface area contributed by atoms with Crippen LogP contribution in [0.1, 0.15) is 21.7 Å². The van der Waals surface area contributed by atoms with Crippen molar-refractivity contribution in [2.45, 2.75) is 13.8 Å². The average Bonchev–Trinajstić information content (AvgIpc) is 2.36. The maximum Gasteiger partial charge on any atom is 0.282 e. The fourth-order valence-corrected chi connectivity index (χ4v) is 1.85. The first kappa shape index (κ1) is 14.4. The number of nitrogens with one attached hydrogen (secondary N) is 1. The average molecular weight is 287 g/mol. The lowest BCUT2D eigenvalue weighted by Crippen LogP contribution is -2.16. The molecule has 2 rings (SSSR count). The van der Waals surface area contributed by atoms with Gasteiger partial charge in [-0.3, -0.25) is 20.2 Å². The van der Waals surface area contributed by atoms with Crippen molar-refractivity contribution in [1.29, 1.82) is 0 Å². The molecule has 108 valence electrons. The Bertz CT molecular complexity index is 709. The predicted molar refractivity (Wildman–Crippen MR) is 77.0 cm³/mol. The fraction of sp³-hybridized carbons (Fsp3) is 0.154. The van der Waals surface area contributed by atoms with Gasteiger partial charge in [0.15, 0.2) is 0 Å². The number of aromatic nitrogens is 2. The normalized spacial score (nSPS) is 10.2. The lowest BCUT2D eigenvalue weighted by molar-refractivity contribution is -0.385. The van der Waals surface area contributed by atoms with E-state index in [0.717, 1.165) is 0 Å². The number of anilines is 2. The molecule has 0 aliphatic carbocycles. The smallest absolute Gasteiger partial charge is 0.282 e. The first-order chi connectivity index (χ1) is 9.86. The second-order valence-electron chi connectivity index (χ2n) is 4.46. The minimum Gasteiger partial charge on any atom is -0.399 e. The quantitative estimate of drug-likeness (QED) is 0.504. The molecule has 8 nitrogen and oxygen atoms in total. The first-order valence-electron chi connectivity index (χ1n) is 6.04. The third-order valence-electron chi connectivity index (χ3n) is 2.67. The number of aryl methyl sites for hydroxylation is 2. The number of nitrogens with zero attached hydrogens (tertiary/aromatic N) is 3. The minimum absolute atomic E-state index is 0.0919. The molecule has 0 aliphatic rings. The Balaban J connectivity index is 2.36. The molecule has 3 N–H and O–H groups in total. The van der Waals surface area contributed by atoms with E-state index in [-0.39, 0.29) is 22.9 Å². The van der Waals surface area contributed by atoms with Crippen molar-refractivity contribution in [3.8, 4) is 0 Å². The second kappa shape index (κ2) is 5.53. The van der Waals surface area contributed by atoms with Crippen LogP contribution in [-0.4, -0.2) is 20.8 Å². The second-order valence-corrected chi connectivity index (χ2v) is 4.46. The van der Waals surface area contributed by atoms with E-state index in [2.05, 4.69) is 15.3 Å². The molecule has 0 aliphatic heterocycles. The zero-order valence-corrected chi connectivity index (χ0v) is 11.5. The van der Waals surface area contributed by atoms with E-state index >= 15 is 0 Å². The van der Waals surface area contributed by atoms with E-state index < -0.39 is 10.8 Å². The van der Waals surface area contributed by atoms with Crippen molar-refractivity contribution in [1.82, 2.24) is 9.97 Å². The standard InChI is InChI=1S/C13H13N5O3/c1-7-5-8(2)16-13(15-7)17-12(19)10-6-9(14)3-4-11(10)18(20)21/h3-6H,14H2,1-2H3,(H,15,16,17,19). The van der Waals surface area contributed by atoms with Crippen LogP contribution >= 0.6 is 0 Å². The molecule has 0 spiro atoms. The van der Waals surface area contributed by atoms with Crippen LogP contribution in [0.4, 0.5) is 17.3 Å². The van der Waals surface area contributed by atoms with Crippen LogP contribution in [0.15, 0.2) is 24.3 Å². The topological polar surface area (TPSA) is 124 Å². The van der Waals surface area contributed by atoms with E-state index in [0.29, 0.717) is 11.4 Å². The number of carbonyl (C=O) groups is 1. The molecule has 0 unspecified atom stereocenters. The molecule has 0 radical (unpaired) electrons. The Kier molecular flexibility index (Phi) is 3.79. The van der Waals surface area contributed by atoms with Gasteiger partial charge in [-0.2, -0.15) is 0 Å². The Morgan fingerprint density at radius 3 is 2.43 bits per heavy atom. The van der Waals surface area contributed by atoms with Crippen LogP contribution in [0.25, 0.3) is 0 Å². The van der Waals surface area contributed by atoms with Crippen molar-refractivity contribution in [2.24, 2.45) is 0 Å². The fourth-order valence-electron chi connectivity index (χ4n) is 1.85. The summed E-state index contributed by atoms with van der Waals surface area (Å²) >= 11 is 0. The molecule has 1 aromatic carbocycles. The highest BCUT2D eigenvalue weighted by molar-refractivity contribution is 6.06. The molecule has 0 saturated carbocycles. The van der Waals surface area contributed by atoms with Crippen molar-refractivity contribution in [3.63, 3.8) is 0 Å². The third-order valence-corrected chi connectivity index (χ3v) is 2.67. The summed E-state index contributed by atoms with van der Waals surface area (Å²) in [7, 11) is 0. The SMILES string of the molecule is Cc1cc(C)nc(NC(=O)c2cc(N)ccc2[N+](=O)[O-])n1. The number of hydrogen-bond acceptors (Lipinski definition) is 6. The first-order valence-corrected chi connectivity index (χ1v) is 6.04. The number of nitrogen functional groups attached to an aromatic ring is 1. The predicted octanol–water partition coefficient (Wildman–Crippen LogP) is 1.84. The van der Waals surface area contributed by atoms with E-state index in [1.54, 1.807) is 19.9 Å². The van der Waals surface area contributed by atoms with E-state index in [1.165, 1.54) is 18.2 Å². The summed E-state index contributed by atoms with van der Waals surface area (Å²) in [6, 6.07) is 5.55. The molecule has 0 atom stereocenters. The molecule has 0 fully saturated rings. The van der Waals surface area contributed by atoms with Gasteiger partial charge in [-0.15, -0.1) is 0 Å². The summed E-state index contributed by atoms with van der Waals surface area (Å²) in [4.78, 5) is 30.6. The Labute approximate surface area is 120 Å². The molecule has 21 heavy (non-hydrogen) atoms. The van der Waals surface area contributed by atoms with E-state index in [9.17, 15) is 14.9 Å². The molecule has 1 heterocycles. The Morgan fingerprint density at radius 2 is 1.86 bits per heavy atom. The van der Waals surface area contributed by atoms with Crippen molar-refractivity contribution >= 4 is 23.2 Å². The van der Waals surface area contributed by atoms with Crippen LogP contribution < -0.4 is 11.1 Å². The zero-order valence-electron chi connectivity index (χ0n) is 11.5. The molecule has 0 bridgehead atoms. The summed E-state index contributed by atoms with van der Waals surface area (Å²) in [6.07, 6.45) is 0. The monoisotopic (exact) mass is 287 g/mol. The van der Waals surface area contributed by atoms with Crippen LogP contribution in [0.5, 0.6) is 0 Å². The van der Waals surface area contributed by atoms with Crippen LogP contribution in [0.3, 0.4) is 0 Å². The van der Waals surface area contributed by atoms with Crippen LogP contribution in [-0.2, 0) is 0 Å². The lowest BCUT2D eigenvalue weighted by atomic mass is 10.1. The Hall–Kier alpha value is -3.03. The van der Waals surface area contributed by atoms with Gasteiger partial charge < -0.3 is 5.73 Å². The van der Waals surface area contributed by atoms with Crippen LogP contribution in [0.2, 0.25) is 0 Å². The molecule has 1 amide bonds. The van der Waals surface area contributed by atoms with Gasteiger partial charge >= 0.3 is 0 Å². The van der Waals surface area contributed by atoms with Crippen molar-refractivity contribution < 1.29 is 9.72 Å². The van der Waals surface area contributed by atoms with Crippen molar-refractivity contribution in [2.75, 3.05) is 11.1 Å². The number of benzene rings is 1. The highest BCUT2D eigenvalue weighted by atomic mass is 16.6. The number of rotatable bonds is 3. The van der Waals surface area contributed by atoms with Gasteiger partial charge in [0.05, 0.1) is 4.92 Å². The number of nitrogens with two attached hydrogens (primary N) is 1. The molecule has 0 saturated heterocycles. The number of amides is 1. The van der Waals surface area contributed by atoms with Gasteiger partial charge in [0.2, 0.25) is 5.95 Å². The maximum atomic E-state index is 12.2. The lowest BCUT2D eigenvalue weighted by Gasteiger charge is -2.06. The number of carbonyl (C=O) groups excluding carboxylic acids is 1. The van der Waals surface area contributed by atoms with E-state index in [1.807, 2.05) is 0 Å². The van der Waals surface area contributed by atoms with Gasteiger partial charge in [0.1, 0.15) is 5.56 Å². The molecular formula is C13H13N5O3. The third kappa shape index (κ3) is 3.30. The highest BCUT2D eigenvalue weighted by Gasteiger charge is 2.21. The van der Waals surface area contributed by atoms with Gasteiger partial charge in [-0.05, 0) is 32.0 Å². The molecule has 2 aromatic rings. The Morgan fingerprint density at radius 1 is 1.24 bits per heavy atom. The van der Waals surface area contributed by atoms with Crippen molar-refractivity contribution in [3.05, 3.63) is 51.3 Å². The summed E-state index contributed by atoms with van der Waals surface area (Å²) in [5.41, 5.74) is 6.73. The summed E-state index contributed by atoms with van der Waals surface area (Å²) in [6.45, 7) is 3.51. The summed E-state index contributed by atoms with van der Waals surface area (Å²) in [5, 5.41) is 13.4. The zero-order chi connectivity index (χ0) is 15.6. The highest BCUT2D eigenvalue weighted by Crippen LogP contribution is 2.22. The van der Waals surface area contributed by atoms with Gasteiger partial charge in [0, 0.05) is 23.1 Å². The molecule has 8 heteroatoms. The largest absolute Gasteiger partial charge is 0.399 e. The van der Waals surface area contributed by atoms with Gasteiger partial charge in [-0.1, -0.05) is 0 Å². The number of nitro groups is 1. The molecule has 1 aromatic heterocycles. The molecular weight excluding hydrogens is 274 g/mol.